The summed E-state index contributed by atoms with van der Waals surface area (Å²) in [5, 5.41) is 8.97. The van der Waals surface area contributed by atoms with Gasteiger partial charge in [-0.3, -0.25) is 4.79 Å². The number of rotatable bonds is 3. The first-order chi connectivity index (χ1) is 6.02. The second-order valence-electron chi connectivity index (χ2n) is 4.90. The fourth-order valence-corrected chi connectivity index (χ4v) is 2.20. The molecule has 13 heavy (non-hydrogen) atoms. The highest BCUT2D eigenvalue weighted by Crippen LogP contribution is 2.34. The SMILES string of the molecule is CC(C)(CC1CCCCC1)C(=O)O. The van der Waals surface area contributed by atoms with Gasteiger partial charge in [0.2, 0.25) is 0 Å². The first kappa shape index (κ1) is 10.6. The van der Waals surface area contributed by atoms with Crippen LogP contribution < -0.4 is 0 Å². The van der Waals surface area contributed by atoms with Crippen molar-refractivity contribution in [2.75, 3.05) is 0 Å². The molecule has 0 aromatic heterocycles. The van der Waals surface area contributed by atoms with Gasteiger partial charge in [0.15, 0.2) is 0 Å². The lowest BCUT2D eigenvalue weighted by atomic mass is 9.77. The summed E-state index contributed by atoms with van der Waals surface area (Å²) in [5.41, 5.74) is -0.526. The molecular weight excluding hydrogens is 164 g/mol. The van der Waals surface area contributed by atoms with Gasteiger partial charge in [-0.1, -0.05) is 32.1 Å². The van der Waals surface area contributed by atoms with Crippen LogP contribution in [0.3, 0.4) is 0 Å². The molecule has 0 unspecified atom stereocenters. The van der Waals surface area contributed by atoms with Gasteiger partial charge in [0.25, 0.3) is 0 Å². The molecule has 0 aliphatic heterocycles. The Morgan fingerprint density at radius 3 is 2.31 bits per heavy atom. The Morgan fingerprint density at radius 1 is 1.31 bits per heavy atom. The van der Waals surface area contributed by atoms with Crippen LogP contribution in [0.4, 0.5) is 0 Å². The lowest BCUT2D eigenvalue weighted by Gasteiger charge is -2.28. The largest absolute Gasteiger partial charge is 0.481 e. The fourth-order valence-electron chi connectivity index (χ4n) is 2.20. The zero-order valence-electron chi connectivity index (χ0n) is 8.68. The van der Waals surface area contributed by atoms with Gasteiger partial charge in [0, 0.05) is 0 Å². The topological polar surface area (TPSA) is 37.3 Å². The van der Waals surface area contributed by atoms with E-state index in [1.54, 1.807) is 0 Å². The van der Waals surface area contributed by atoms with E-state index in [1.807, 2.05) is 13.8 Å². The van der Waals surface area contributed by atoms with Gasteiger partial charge in [-0.05, 0) is 26.2 Å². The third-order valence-electron chi connectivity index (χ3n) is 3.10. The molecule has 76 valence electrons. The number of carboxylic acid groups (broad SMARTS) is 1. The van der Waals surface area contributed by atoms with Crippen molar-refractivity contribution in [2.45, 2.75) is 52.4 Å². The minimum absolute atomic E-state index is 0.526. The van der Waals surface area contributed by atoms with Crippen molar-refractivity contribution in [3.05, 3.63) is 0 Å². The molecule has 2 nitrogen and oxygen atoms in total. The lowest BCUT2D eigenvalue weighted by Crippen LogP contribution is -2.27. The van der Waals surface area contributed by atoms with Crippen molar-refractivity contribution in [2.24, 2.45) is 11.3 Å². The van der Waals surface area contributed by atoms with Crippen LogP contribution in [0.2, 0.25) is 0 Å². The van der Waals surface area contributed by atoms with E-state index in [-0.39, 0.29) is 0 Å². The van der Waals surface area contributed by atoms with E-state index in [1.165, 1.54) is 32.1 Å². The summed E-state index contributed by atoms with van der Waals surface area (Å²) >= 11 is 0. The van der Waals surface area contributed by atoms with Gasteiger partial charge in [0.05, 0.1) is 5.41 Å². The van der Waals surface area contributed by atoms with E-state index in [4.69, 9.17) is 5.11 Å². The van der Waals surface area contributed by atoms with Crippen molar-refractivity contribution in [1.29, 1.82) is 0 Å². The molecule has 1 saturated carbocycles. The number of hydrogen-bond donors (Lipinski definition) is 1. The summed E-state index contributed by atoms with van der Waals surface area (Å²) in [6.45, 7) is 3.67. The number of hydrogen-bond acceptors (Lipinski definition) is 1. The standard InChI is InChI=1S/C11H20O2/c1-11(2,10(12)13)8-9-6-4-3-5-7-9/h9H,3-8H2,1-2H3,(H,12,13). The molecule has 2 heteroatoms. The summed E-state index contributed by atoms with van der Waals surface area (Å²) in [6, 6.07) is 0. The number of aliphatic carboxylic acids is 1. The van der Waals surface area contributed by atoms with Crippen LogP contribution in [0.5, 0.6) is 0 Å². The minimum atomic E-state index is -0.655. The van der Waals surface area contributed by atoms with E-state index in [2.05, 4.69) is 0 Å². The van der Waals surface area contributed by atoms with Gasteiger partial charge in [-0.2, -0.15) is 0 Å². The highest BCUT2D eigenvalue weighted by molar-refractivity contribution is 5.73. The Labute approximate surface area is 80.3 Å². The Balaban J connectivity index is 2.41. The van der Waals surface area contributed by atoms with Crippen LogP contribution in [0.1, 0.15) is 52.4 Å². The smallest absolute Gasteiger partial charge is 0.309 e. The van der Waals surface area contributed by atoms with Crippen molar-refractivity contribution in [3.8, 4) is 0 Å². The van der Waals surface area contributed by atoms with Crippen LogP contribution in [-0.2, 0) is 4.79 Å². The van der Waals surface area contributed by atoms with Crippen molar-refractivity contribution < 1.29 is 9.90 Å². The molecule has 0 aromatic rings. The minimum Gasteiger partial charge on any atom is -0.481 e. The summed E-state index contributed by atoms with van der Waals surface area (Å²) in [6.07, 6.45) is 7.24. The Bertz CT molecular complexity index is 179. The molecule has 0 saturated heterocycles. The van der Waals surface area contributed by atoms with Crippen LogP contribution in [0.25, 0.3) is 0 Å². The summed E-state index contributed by atoms with van der Waals surface area (Å²) in [7, 11) is 0. The predicted octanol–water partition coefficient (Wildman–Crippen LogP) is 3.07. The summed E-state index contributed by atoms with van der Waals surface area (Å²) in [4.78, 5) is 10.9. The van der Waals surface area contributed by atoms with Crippen molar-refractivity contribution in [1.82, 2.24) is 0 Å². The summed E-state index contributed by atoms with van der Waals surface area (Å²) < 4.78 is 0. The maximum Gasteiger partial charge on any atom is 0.309 e. The molecule has 0 atom stereocenters. The molecule has 0 aromatic carbocycles. The second kappa shape index (κ2) is 4.12. The zero-order chi connectivity index (χ0) is 9.90. The quantitative estimate of drug-likeness (QED) is 0.732. The first-order valence-corrected chi connectivity index (χ1v) is 5.26. The van der Waals surface area contributed by atoms with Crippen LogP contribution in [0, 0.1) is 11.3 Å². The van der Waals surface area contributed by atoms with Crippen molar-refractivity contribution in [3.63, 3.8) is 0 Å². The third kappa shape index (κ3) is 3.02. The van der Waals surface area contributed by atoms with E-state index >= 15 is 0 Å². The van der Waals surface area contributed by atoms with Gasteiger partial charge < -0.3 is 5.11 Å². The lowest BCUT2D eigenvalue weighted by molar-refractivity contribution is -0.148. The van der Waals surface area contributed by atoms with Crippen LogP contribution in [-0.4, -0.2) is 11.1 Å². The molecule has 1 aliphatic rings. The fraction of sp³-hybridized carbons (Fsp3) is 0.909. The average molecular weight is 184 g/mol. The van der Waals surface area contributed by atoms with Crippen LogP contribution in [0.15, 0.2) is 0 Å². The second-order valence-corrected chi connectivity index (χ2v) is 4.90. The Morgan fingerprint density at radius 2 is 1.85 bits per heavy atom. The average Bonchev–Trinajstić information content (AvgIpc) is 2.05. The summed E-state index contributed by atoms with van der Waals surface area (Å²) in [5.74, 6) is -0.00192. The van der Waals surface area contributed by atoms with Gasteiger partial charge in [-0.15, -0.1) is 0 Å². The van der Waals surface area contributed by atoms with E-state index in [9.17, 15) is 4.79 Å². The normalized spacial score (nSPS) is 20.2. The maximum absolute atomic E-state index is 10.9. The highest BCUT2D eigenvalue weighted by Gasteiger charge is 2.30. The molecule has 0 amide bonds. The van der Waals surface area contributed by atoms with E-state index < -0.39 is 11.4 Å². The maximum atomic E-state index is 10.9. The van der Waals surface area contributed by atoms with Crippen LogP contribution >= 0.6 is 0 Å². The molecule has 0 radical (unpaired) electrons. The van der Waals surface area contributed by atoms with Gasteiger partial charge in [-0.25, -0.2) is 0 Å². The van der Waals surface area contributed by atoms with Gasteiger partial charge >= 0.3 is 5.97 Å². The molecule has 0 heterocycles. The molecule has 1 aliphatic carbocycles. The van der Waals surface area contributed by atoms with Crippen molar-refractivity contribution >= 4 is 5.97 Å². The Hall–Kier alpha value is -0.530. The number of carboxylic acids is 1. The number of carbonyl (C=O) groups is 1. The van der Waals surface area contributed by atoms with E-state index in [0.29, 0.717) is 5.92 Å². The predicted molar refractivity (Wildman–Crippen MR) is 52.6 cm³/mol. The molecule has 1 N–H and O–H groups in total. The molecule has 0 bridgehead atoms. The van der Waals surface area contributed by atoms with Gasteiger partial charge in [0.1, 0.15) is 0 Å². The third-order valence-corrected chi connectivity index (χ3v) is 3.10. The zero-order valence-corrected chi connectivity index (χ0v) is 8.68. The molecule has 1 rings (SSSR count). The highest BCUT2D eigenvalue weighted by atomic mass is 16.4. The molecular formula is C11H20O2. The Kier molecular flexibility index (Phi) is 3.34. The molecule has 0 spiro atoms. The van der Waals surface area contributed by atoms with E-state index in [0.717, 1.165) is 6.42 Å². The monoisotopic (exact) mass is 184 g/mol. The first-order valence-electron chi connectivity index (χ1n) is 5.26. The molecule has 1 fully saturated rings.